The van der Waals surface area contributed by atoms with E-state index in [0.29, 0.717) is 5.56 Å². The molecule has 1 amide bonds. The number of anilines is 2. The van der Waals surface area contributed by atoms with Gasteiger partial charge in [0.1, 0.15) is 5.82 Å². The number of hydrogen-bond acceptors (Lipinski definition) is 2. The van der Waals surface area contributed by atoms with Crippen molar-refractivity contribution in [3.05, 3.63) is 59.9 Å². The fourth-order valence-electron chi connectivity index (χ4n) is 3.76. The first kappa shape index (κ1) is 16.1. The normalized spacial score (nSPS) is 25.0. The van der Waals surface area contributed by atoms with Gasteiger partial charge in [0.25, 0.3) is 0 Å². The van der Waals surface area contributed by atoms with Gasteiger partial charge in [0, 0.05) is 30.4 Å². The zero-order chi connectivity index (χ0) is 17.4. The number of carbonyl (C=O) groups excluding carboxylic acids is 1. The number of benzene rings is 2. The number of nitrogens with one attached hydrogen (secondary N) is 1. The Hall–Kier alpha value is -2.36. The molecule has 1 heterocycles. The molecule has 130 valence electrons. The summed E-state index contributed by atoms with van der Waals surface area (Å²) in [6.07, 6.45) is 1.95. The third-order valence-corrected chi connectivity index (χ3v) is 5.36. The van der Waals surface area contributed by atoms with Crippen molar-refractivity contribution in [2.45, 2.75) is 25.7 Å². The second-order valence-electron chi connectivity index (χ2n) is 7.35. The van der Waals surface area contributed by atoms with Crippen molar-refractivity contribution in [3.63, 3.8) is 0 Å². The second kappa shape index (κ2) is 6.51. The summed E-state index contributed by atoms with van der Waals surface area (Å²) < 4.78 is 13.8. The maximum absolute atomic E-state index is 13.8. The Balaban J connectivity index is 1.36. The van der Waals surface area contributed by atoms with E-state index in [2.05, 4.69) is 29.3 Å². The predicted molar refractivity (Wildman–Crippen MR) is 98.3 cm³/mol. The molecule has 2 aromatic carbocycles. The van der Waals surface area contributed by atoms with Gasteiger partial charge in [0.15, 0.2) is 0 Å². The van der Waals surface area contributed by atoms with E-state index in [1.54, 1.807) is 12.1 Å². The van der Waals surface area contributed by atoms with Crippen LogP contribution in [0.5, 0.6) is 0 Å². The lowest BCUT2D eigenvalue weighted by molar-refractivity contribution is -0.117. The van der Waals surface area contributed by atoms with Crippen LogP contribution in [0.15, 0.2) is 48.5 Å². The quantitative estimate of drug-likeness (QED) is 0.895. The molecule has 25 heavy (non-hydrogen) atoms. The van der Waals surface area contributed by atoms with Crippen molar-refractivity contribution in [2.75, 3.05) is 23.3 Å². The number of halogens is 1. The third kappa shape index (κ3) is 3.39. The summed E-state index contributed by atoms with van der Waals surface area (Å²) in [6, 6.07) is 14.8. The van der Waals surface area contributed by atoms with E-state index in [-0.39, 0.29) is 23.6 Å². The summed E-state index contributed by atoms with van der Waals surface area (Å²) in [7, 11) is 0. The molecule has 0 bridgehead atoms. The van der Waals surface area contributed by atoms with E-state index in [4.69, 9.17) is 0 Å². The summed E-state index contributed by atoms with van der Waals surface area (Å²) >= 11 is 0. The molecule has 0 radical (unpaired) electrons. The summed E-state index contributed by atoms with van der Waals surface area (Å²) in [6.45, 7) is 4.47. The maximum Gasteiger partial charge on any atom is 0.228 e. The highest BCUT2D eigenvalue weighted by Gasteiger charge is 2.45. The first-order valence-corrected chi connectivity index (χ1v) is 9.02. The van der Waals surface area contributed by atoms with Gasteiger partial charge in [-0.2, -0.15) is 0 Å². The number of rotatable bonds is 4. The van der Waals surface area contributed by atoms with Gasteiger partial charge in [0.2, 0.25) is 5.91 Å². The molecule has 3 atom stereocenters. The van der Waals surface area contributed by atoms with E-state index in [9.17, 15) is 9.18 Å². The molecule has 4 heteroatoms. The smallest absolute Gasteiger partial charge is 0.228 e. The summed E-state index contributed by atoms with van der Waals surface area (Å²) in [5.74, 6) is 0.384. The van der Waals surface area contributed by atoms with Crippen molar-refractivity contribution in [1.82, 2.24) is 0 Å². The largest absolute Gasteiger partial charge is 0.371 e. The first-order valence-electron chi connectivity index (χ1n) is 9.02. The molecule has 1 aliphatic heterocycles. The molecule has 1 saturated heterocycles. The molecule has 2 aromatic rings. The third-order valence-electron chi connectivity index (χ3n) is 5.36. The van der Waals surface area contributed by atoms with Gasteiger partial charge in [0.05, 0.1) is 0 Å². The lowest BCUT2D eigenvalue weighted by Gasteiger charge is -2.18. The molecule has 3 nitrogen and oxygen atoms in total. The number of nitrogens with zero attached hydrogens (tertiary/aromatic N) is 1. The predicted octanol–water partition coefficient (Wildman–Crippen LogP) is 4.41. The van der Waals surface area contributed by atoms with Crippen LogP contribution >= 0.6 is 0 Å². The van der Waals surface area contributed by atoms with Crippen LogP contribution in [-0.2, 0) is 4.79 Å². The monoisotopic (exact) mass is 338 g/mol. The second-order valence-corrected chi connectivity index (χ2v) is 7.35. The zero-order valence-corrected chi connectivity index (χ0v) is 14.4. The minimum Gasteiger partial charge on any atom is -0.371 e. The Kier molecular flexibility index (Phi) is 4.20. The molecule has 0 aromatic heterocycles. The van der Waals surface area contributed by atoms with Gasteiger partial charge in [-0.15, -0.1) is 0 Å². The molecular weight excluding hydrogens is 315 g/mol. The van der Waals surface area contributed by atoms with Crippen LogP contribution in [0, 0.1) is 17.7 Å². The van der Waals surface area contributed by atoms with E-state index >= 15 is 0 Å². The molecule has 2 aliphatic rings. The number of carbonyl (C=O) groups is 1. The molecule has 3 unspecified atom stereocenters. The maximum atomic E-state index is 13.8. The molecular formula is C21H23FN2O. The number of amides is 1. The summed E-state index contributed by atoms with van der Waals surface area (Å²) in [4.78, 5) is 14.8. The average Bonchev–Trinajstić information content (AvgIpc) is 3.30. The van der Waals surface area contributed by atoms with Crippen molar-refractivity contribution in [1.29, 1.82) is 0 Å². The Labute approximate surface area is 147 Å². The SMILES string of the molecule is CC1CCN(c2ccc(NC(=O)C3CC3c3ccccc3F)cc2)C1. The standard InChI is InChI=1S/C21H23FN2O/c1-14-10-11-24(13-14)16-8-6-15(7-9-16)23-21(25)19-12-18(19)17-4-2-3-5-20(17)22/h2-9,14,18-19H,10-13H2,1H3,(H,23,25). The van der Waals surface area contributed by atoms with E-state index in [1.165, 1.54) is 18.2 Å². The Bertz CT molecular complexity index is 774. The van der Waals surface area contributed by atoms with Gasteiger partial charge in [-0.25, -0.2) is 4.39 Å². The Morgan fingerprint density at radius 3 is 2.60 bits per heavy atom. The van der Waals surface area contributed by atoms with Crippen LogP contribution in [0.3, 0.4) is 0 Å². The Morgan fingerprint density at radius 2 is 1.92 bits per heavy atom. The molecule has 0 spiro atoms. The molecule has 2 fully saturated rings. The highest BCUT2D eigenvalue weighted by Crippen LogP contribution is 2.48. The van der Waals surface area contributed by atoms with Crippen molar-refractivity contribution in [3.8, 4) is 0 Å². The van der Waals surface area contributed by atoms with Crippen LogP contribution in [0.25, 0.3) is 0 Å². The van der Waals surface area contributed by atoms with Crippen molar-refractivity contribution >= 4 is 17.3 Å². The van der Waals surface area contributed by atoms with Crippen LogP contribution in [0.2, 0.25) is 0 Å². The highest BCUT2D eigenvalue weighted by atomic mass is 19.1. The van der Waals surface area contributed by atoms with Crippen LogP contribution < -0.4 is 10.2 Å². The molecule has 1 saturated carbocycles. The minimum atomic E-state index is -0.216. The topological polar surface area (TPSA) is 32.3 Å². The molecule has 4 rings (SSSR count). The lowest BCUT2D eigenvalue weighted by atomic mass is 10.1. The van der Waals surface area contributed by atoms with E-state index < -0.39 is 0 Å². The zero-order valence-electron chi connectivity index (χ0n) is 14.4. The van der Waals surface area contributed by atoms with Gasteiger partial charge in [-0.3, -0.25) is 4.79 Å². The molecule has 1 aliphatic carbocycles. The average molecular weight is 338 g/mol. The van der Waals surface area contributed by atoms with Crippen molar-refractivity contribution < 1.29 is 9.18 Å². The first-order chi connectivity index (χ1) is 12.1. The molecule has 1 N–H and O–H groups in total. The highest BCUT2D eigenvalue weighted by molar-refractivity contribution is 5.95. The summed E-state index contributed by atoms with van der Waals surface area (Å²) in [5.41, 5.74) is 2.67. The fourth-order valence-corrected chi connectivity index (χ4v) is 3.76. The fraction of sp³-hybridized carbons (Fsp3) is 0.381. The van der Waals surface area contributed by atoms with Crippen LogP contribution in [0.1, 0.15) is 31.2 Å². The van der Waals surface area contributed by atoms with Crippen molar-refractivity contribution in [2.24, 2.45) is 11.8 Å². The lowest BCUT2D eigenvalue weighted by Crippen LogP contribution is -2.19. The Morgan fingerprint density at radius 1 is 1.16 bits per heavy atom. The van der Waals surface area contributed by atoms with Gasteiger partial charge in [-0.05, 0) is 60.6 Å². The van der Waals surface area contributed by atoms with Gasteiger partial charge in [-0.1, -0.05) is 25.1 Å². The minimum absolute atomic E-state index is 0.00607. The van der Waals surface area contributed by atoms with Gasteiger partial charge >= 0.3 is 0 Å². The van der Waals surface area contributed by atoms with E-state index in [1.807, 2.05) is 18.2 Å². The van der Waals surface area contributed by atoms with Crippen LogP contribution in [-0.4, -0.2) is 19.0 Å². The van der Waals surface area contributed by atoms with Crippen LogP contribution in [0.4, 0.5) is 15.8 Å². The number of hydrogen-bond donors (Lipinski definition) is 1. The summed E-state index contributed by atoms with van der Waals surface area (Å²) in [5, 5.41) is 2.97. The van der Waals surface area contributed by atoms with E-state index in [0.717, 1.165) is 31.1 Å². The van der Waals surface area contributed by atoms with Gasteiger partial charge < -0.3 is 10.2 Å².